The Morgan fingerprint density at radius 3 is 2.67 bits per heavy atom. The van der Waals surface area contributed by atoms with Crippen LogP contribution in [0.4, 0.5) is 10.5 Å². The molecule has 4 aromatic rings. The van der Waals surface area contributed by atoms with E-state index in [1.54, 1.807) is 24.4 Å². The summed E-state index contributed by atoms with van der Waals surface area (Å²) in [6.07, 6.45) is 5.53. The zero-order chi connectivity index (χ0) is 20.8. The van der Waals surface area contributed by atoms with E-state index in [0.717, 1.165) is 11.1 Å². The number of carbonyl (C=O) groups excluding carboxylic acids is 1. The Labute approximate surface area is 173 Å². The molecule has 0 aliphatic carbocycles. The van der Waals surface area contributed by atoms with Gasteiger partial charge in [0.25, 0.3) is 0 Å². The van der Waals surface area contributed by atoms with E-state index in [0.29, 0.717) is 24.4 Å². The minimum Gasteiger partial charge on any atom is -0.334 e. The van der Waals surface area contributed by atoms with Gasteiger partial charge in [-0.15, -0.1) is 5.10 Å². The maximum absolute atomic E-state index is 12.4. The van der Waals surface area contributed by atoms with E-state index in [1.807, 2.05) is 66.7 Å². The lowest BCUT2D eigenvalue weighted by molar-refractivity contribution is 0.253. The number of hydrogen-bond donors (Lipinski definition) is 2. The van der Waals surface area contributed by atoms with Crippen molar-refractivity contribution < 1.29 is 4.79 Å². The molecule has 2 amide bonds. The van der Waals surface area contributed by atoms with Gasteiger partial charge in [-0.05, 0) is 35.4 Å². The molecule has 0 aliphatic heterocycles. The van der Waals surface area contributed by atoms with Crippen LogP contribution < -0.4 is 16.3 Å². The molecule has 30 heavy (non-hydrogen) atoms. The summed E-state index contributed by atoms with van der Waals surface area (Å²) in [5.74, 6) is 0. The van der Waals surface area contributed by atoms with Crippen LogP contribution in [0.25, 0.3) is 11.7 Å². The largest absolute Gasteiger partial charge is 0.350 e. The summed E-state index contributed by atoms with van der Waals surface area (Å²) in [4.78, 5) is 24.6. The highest BCUT2D eigenvalue weighted by molar-refractivity contribution is 5.89. The lowest BCUT2D eigenvalue weighted by Gasteiger charge is -2.08. The van der Waals surface area contributed by atoms with Crippen molar-refractivity contribution in [2.75, 3.05) is 11.9 Å². The van der Waals surface area contributed by atoms with E-state index in [9.17, 15) is 9.59 Å². The highest BCUT2D eigenvalue weighted by Gasteiger charge is 2.07. The zero-order valence-electron chi connectivity index (χ0n) is 16.2. The van der Waals surface area contributed by atoms with Gasteiger partial charge in [-0.1, -0.05) is 60.7 Å². The molecule has 0 spiro atoms. The normalized spacial score (nSPS) is 11.1. The van der Waals surface area contributed by atoms with Crippen molar-refractivity contribution in [3.05, 3.63) is 107 Å². The van der Waals surface area contributed by atoms with Crippen LogP contribution in [0.3, 0.4) is 0 Å². The molecule has 2 heterocycles. The first-order valence-electron chi connectivity index (χ1n) is 9.59. The number of pyridine rings is 1. The smallest absolute Gasteiger partial charge is 0.334 e. The van der Waals surface area contributed by atoms with Gasteiger partial charge in [0.05, 0.1) is 6.54 Å². The Balaban J connectivity index is 1.36. The highest BCUT2D eigenvalue weighted by Crippen LogP contribution is 2.11. The second kappa shape index (κ2) is 8.91. The fourth-order valence-electron chi connectivity index (χ4n) is 3.08. The molecule has 150 valence electrons. The Morgan fingerprint density at radius 2 is 1.83 bits per heavy atom. The highest BCUT2D eigenvalue weighted by atomic mass is 16.2. The minimum absolute atomic E-state index is 0.202. The third-order valence-electron chi connectivity index (χ3n) is 4.50. The Morgan fingerprint density at radius 1 is 1.00 bits per heavy atom. The van der Waals surface area contributed by atoms with Crippen LogP contribution in [0, 0.1) is 0 Å². The van der Waals surface area contributed by atoms with Gasteiger partial charge in [0, 0.05) is 18.4 Å². The van der Waals surface area contributed by atoms with Gasteiger partial charge in [0.1, 0.15) is 0 Å². The van der Waals surface area contributed by atoms with Crippen LogP contribution in [-0.2, 0) is 6.54 Å². The van der Waals surface area contributed by atoms with E-state index in [4.69, 9.17) is 0 Å². The summed E-state index contributed by atoms with van der Waals surface area (Å²) in [7, 11) is 0. The number of rotatable bonds is 6. The van der Waals surface area contributed by atoms with Crippen molar-refractivity contribution in [1.82, 2.24) is 19.5 Å². The summed E-state index contributed by atoms with van der Waals surface area (Å²) in [6, 6.07) is 22.4. The summed E-state index contributed by atoms with van der Waals surface area (Å²) in [6.45, 7) is 0.731. The molecule has 0 fully saturated rings. The van der Waals surface area contributed by atoms with Gasteiger partial charge < -0.3 is 10.6 Å². The second-order valence-electron chi connectivity index (χ2n) is 6.72. The quantitative estimate of drug-likeness (QED) is 0.522. The first kappa shape index (κ1) is 19.2. The predicted molar refractivity (Wildman–Crippen MR) is 117 cm³/mol. The van der Waals surface area contributed by atoms with E-state index in [1.165, 1.54) is 9.08 Å². The number of fused-ring (bicyclic) bond motifs is 1. The molecular formula is C23H21N5O2. The van der Waals surface area contributed by atoms with Crippen LogP contribution in [0.5, 0.6) is 0 Å². The fourth-order valence-corrected chi connectivity index (χ4v) is 3.08. The van der Waals surface area contributed by atoms with Crippen molar-refractivity contribution >= 4 is 23.4 Å². The summed E-state index contributed by atoms with van der Waals surface area (Å²) < 4.78 is 2.90. The van der Waals surface area contributed by atoms with Crippen LogP contribution in [0.2, 0.25) is 0 Å². The predicted octanol–water partition coefficient (Wildman–Crippen LogP) is 3.38. The first-order valence-corrected chi connectivity index (χ1v) is 9.59. The fraction of sp³-hybridized carbons (Fsp3) is 0.0870. The average Bonchev–Trinajstić information content (AvgIpc) is 3.08. The third kappa shape index (κ3) is 4.64. The number of urea groups is 1. The summed E-state index contributed by atoms with van der Waals surface area (Å²) >= 11 is 0. The van der Waals surface area contributed by atoms with Crippen LogP contribution in [0.1, 0.15) is 11.1 Å². The monoisotopic (exact) mass is 399 g/mol. The molecule has 0 bridgehead atoms. The zero-order valence-corrected chi connectivity index (χ0v) is 16.2. The molecule has 7 heteroatoms. The Kier molecular flexibility index (Phi) is 5.70. The van der Waals surface area contributed by atoms with Gasteiger partial charge in [-0.3, -0.25) is 4.40 Å². The van der Waals surface area contributed by atoms with E-state index in [-0.39, 0.29) is 11.7 Å². The van der Waals surface area contributed by atoms with Crippen LogP contribution in [-0.4, -0.2) is 26.8 Å². The topological polar surface area (TPSA) is 80.4 Å². The molecule has 0 unspecified atom stereocenters. The van der Waals surface area contributed by atoms with E-state index < -0.39 is 0 Å². The number of nitrogens with one attached hydrogen (secondary N) is 2. The molecular weight excluding hydrogens is 378 g/mol. The van der Waals surface area contributed by atoms with Gasteiger partial charge in [0.15, 0.2) is 5.65 Å². The number of anilines is 1. The number of carbonyl (C=O) groups is 1. The summed E-state index contributed by atoms with van der Waals surface area (Å²) in [5.41, 5.74) is 2.98. The van der Waals surface area contributed by atoms with Crippen molar-refractivity contribution in [2.24, 2.45) is 0 Å². The maximum atomic E-state index is 12.4. The Bertz CT molecular complexity index is 1240. The molecule has 7 nitrogen and oxygen atoms in total. The number of nitrogens with zero attached hydrogens (tertiary/aromatic N) is 3. The molecule has 0 radical (unpaired) electrons. The van der Waals surface area contributed by atoms with Gasteiger partial charge in [-0.2, -0.15) is 0 Å². The molecule has 4 rings (SSSR count). The average molecular weight is 399 g/mol. The molecule has 2 aromatic carbocycles. The van der Waals surface area contributed by atoms with Crippen LogP contribution >= 0.6 is 0 Å². The van der Waals surface area contributed by atoms with Crippen LogP contribution in [0.15, 0.2) is 89.9 Å². The number of aromatic nitrogens is 3. The lowest BCUT2D eigenvalue weighted by atomic mass is 10.2. The second-order valence-corrected chi connectivity index (χ2v) is 6.72. The third-order valence-corrected chi connectivity index (χ3v) is 4.50. The SMILES string of the molecule is O=C(NC/C=C/c1ccccc1)Nc1cccc(Cn2nc3ccccn3c2=O)c1. The van der Waals surface area contributed by atoms with Gasteiger partial charge >= 0.3 is 11.7 Å². The molecule has 2 aromatic heterocycles. The molecule has 0 saturated heterocycles. The summed E-state index contributed by atoms with van der Waals surface area (Å²) in [5, 5.41) is 9.93. The number of hydrogen-bond acceptors (Lipinski definition) is 3. The minimum atomic E-state index is -0.297. The lowest BCUT2D eigenvalue weighted by Crippen LogP contribution is -2.28. The standard InChI is InChI=1S/C23H21N5O2/c29-22(24-14-7-11-18-8-2-1-3-9-18)25-20-12-6-10-19(16-20)17-28-23(30)27-15-5-4-13-21(27)26-28/h1-13,15-16H,14,17H2,(H2,24,25,29)/b11-7+. The first-order chi connectivity index (χ1) is 14.7. The number of benzene rings is 2. The van der Waals surface area contributed by atoms with Crippen molar-refractivity contribution in [2.45, 2.75) is 6.54 Å². The maximum Gasteiger partial charge on any atom is 0.350 e. The molecule has 2 N–H and O–H groups in total. The number of amides is 2. The van der Waals surface area contributed by atoms with Crippen molar-refractivity contribution in [3.8, 4) is 0 Å². The van der Waals surface area contributed by atoms with Crippen molar-refractivity contribution in [3.63, 3.8) is 0 Å². The van der Waals surface area contributed by atoms with E-state index >= 15 is 0 Å². The Hall–Kier alpha value is -4.13. The molecule has 0 aliphatic rings. The van der Waals surface area contributed by atoms with Gasteiger partial charge in [0.2, 0.25) is 0 Å². The molecule has 0 saturated carbocycles. The molecule has 0 atom stereocenters. The van der Waals surface area contributed by atoms with E-state index in [2.05, 4.69) is 15.7 Å². The van der Waals surface area contributed by atoms with Crippen molar-refractivity contribution in [1.29, 1.82) is 0 Å². The van der Waals surface area contributed by atoms with Gasteiger partial charge in [-0.25, -0.2) is 14.3 Å².